The molecule has 0 radical (unpaired) electrons. The van der Waals surface area contributed by atoms with Crippen LogP contribution in [-0.4, -0.2) is 58.7 Å². The molecule has 1 N–H and O–H groups in total. The number of alkyl halides is 17. The van der Waals surface area contributed by atoms with E-state index in [9.17, 15) is 79.4 Å². The summed E-state index contributed by atoms with van der Waals surface area (Å²) in [4.78, 5) is 10.3. The lowest BCUT2D eigenvalue weighted by Crippen LogP contribution is -2.74. The molecular weight excluding hydrogens is 499 g/mol. The fourth-order valence-electron chi connectivity index (χ4n) is 1.60. The smallest absolute Gasteiger partial charge is 0.460 e. The first kappa shape index (κ1) is 29.0. The number of rotatable bonds is 8. The van der Waals surface area contributed by atoms with Crippen molar-refractivity contribution in [1.29, 1.82) is 0 Å². The van der Waals surface area contributed by atoms with Crippen LogP contribution in [0.3, 0.4) is 0 Å². The summed E-state index contributed by atoms with van der Waals surface area (Å²) >= 11 is 0. The Hall–Kier alpha value is -1.98. The fraction of sp³-hybridized carbons (Fsp3) is 0.750. The molecule has 0 unspecified atom stereocenters. The number of hydrogen-bond acceptors (Lipinski definition) is 1. The highest BCUT2D eigenvalue weighted by atomic mass is 19.4. The third-order valence-corrected chi connectivity index (χ3v) is 3.48. The van der Waals surface area contributed by atoms with Crippen LogP contribution in [0.25, 0.3) is 0 Å². The number of carboxylic acid groups (broad SMARTS) is 1. The number of aliphatic carboxylic acids is 1. The molecular formula is C12H5F17O2. The summed E-state index contributed by atoms with van der Waals surface area (Å²) in [5.41, 5.74) is -2.00. The minimum Gasteiger partial charge on any atom is -0.478 e. The Bertz CT molecular complexity index is 730. The van der Waals surface area contributed by atoms with Crippen LogP contribution in [0.2, 0.25) is 0 Å². The van der Waals surface area contributed by atoms with E-state index in [-0.39, 0.29) is 6.92 Å². The highest BCUT2D eigenvalue weighted by Gasteiger charge is 2.95. The topological polar surface area (TPSA) is 37.3 Å². The largest absolute Gasteiger partial charge is 0.478 e. The molecule has 0 rings (SSSR count). The molecule has 0 heterocycles. The van der Waals surface area contributed by atoms with Crippen LogP contribution in [0.15, 0.2) is 11.6 Å². The summed E-state index contributed by atoms with van der Waals surface area (Å²) in [7, 11) is 0. The Morgan fingerprint density at radius 3 is 1.06 bits per heavy atom. The number of carbonyl (C=O) groups is 1. The predicted octanol–water partition coefficient (Wildman–Crippen LogP) is 6.03. The summed E-state index contributed by atoms with van der Waals surface area (Å²) in [6, 6.07) is 0. The van der Waals surface area contributed by atoms with Crippen molar-refractivity contribution in [3.8, 4) is 0 Å². The minimum atomic E-state index is -8.71. The van der Waals surface area contributed by atoms with Crippen LogP contribution in [0.5, 0.6) is 0 Å². The van der Waals surface area contributed by atoms with Gasteiger partial charge in [0.1, 0.15) is 0 Å². The van der Waals surface area contributed by atoms with Crippen molar-refractivity contribution in [3.63, 3.8) is 0 Å². The van der Waals surface area contributed by atoms with Gasteiger partial charge in [0.05, 0.1) is 0 Å². The molecule has 31 heavy (non-hydrogen) atoms. The van der Waals surface area contributed by atoms with Gasteiger partial charge >= 0.3 is 53.6 Å². The van der Waals surface area contributed by atoms with Crippen molar-refractivity contribution >= 4 is 5.97 Å². The first-order valence-corrected chi connectivity index (χ1v) is 6.72. The van der Waals surface area contributed by atoms with Crippen LogP contribution in [0.1, 0.15) is 6.92 Å². The lowest BCUT2D eigenvalue weighted by atomic mass is 9.88. The Morgan fingerprint density at radius 1 is 0.548 bits per heavy atom. The van der Waals surface area contributed by atoms with Crippen molar-refractivity contribution < 1.29 is 84.5 Å². The van der Waals surface area contributed by atoms with Crippen LogP contribution in [0.4, 0.5) is 74.6 Å². The van der Waals surface area contributed by atoms with Crippen molar-refractivity contribution in [1.82, 2.24) is 0 Å². The SMILES string of the molecule is CC(=CC(F)(F)C(F)(F)C(F)(F)C(F)(F)C(F)(F)C(F)(F)C(F)(F)C(F)(F)F)C(=O)O. The first-order valence-electron chi connectivity index (χ1n) is 6.72. The fourth-order valence-corrected chi connectivity index (χ4v) is 1.60. The molecule has 0 fully saturated rings. The second kappa shape index (κ2) is 7.28. The Morgan fingerprint density at radius 2 is 0.806 bits per heavy atom. The van der Waals surface area contributed by atoms with E-state index in [1.165, 1.54) is 0 Å². The third-order valence-electron chi connectivity index (χ3n) is 3.48. The average Bonchev–Trinajstić information content (AvgIpc) is 2.51. The van der Waals surface area contributed by atoms with E-state index in [2.05, 4.69) is 0 Å². The molecule has 0 aromatic rings. The summed E-state index contributed by atoms with van der Waals surface area (Å²) in [6.07, 6.45) is -9.51. The summed E-state index contributed by atoms with van der Waals surface area (Å²) in [5.74, 6) is -60.0. The van der Waals surface area contributed by atoms with Crippen molar-refractivity contribution in [2.75, 3.05) is 0 Å². The molecule has 0 saturated carbocycles. The molecule has 0 aromatic carbocycles. The molecule has 0 atom stereocenters. The average molecular weight is 504 g/mol. The van der Waals surface area contributed by atoms with E-state index in [4.69, 9.17) is 5.11 Å². The van der Waals surface area contributed by atoms with Crippen molar-refractivity contribution in [3.05, 3.63) is 11.6 Å². The molecule has 0 aliphatic rings. The molecule has 19 heteroatoms. The van der Waals surface area contributed by atoms with Gasteiger partial charge in [0.15, 0.2) is 0 Å². The van der Waals surface area contributed by atoms with Crippen LogP contribution in [0, 0.1) is 0 Å². The van der Waals surface area contributed by atoms with E-state index in [0.717, 1.165) is 0 Å². The van der Waals surface area contributed by atoms with Gasteiger partial charge in [-0.15, -0.1) is 0 Å². The standard InChI is InChI=1S/C12H5F17O2/c1-3(4(30)31)2-5(13,14)6(15,16)7(17,18)8(19,20)9(21,22)10(23,24)11(25,26)12(27,28)29/h2H,1H3,(H,30,31). The lowest BCUT2D eigenvalue weighted by Gasteiger charge is -2.42. The van der Waals surface area contributed by atoms with Gasteiger partial charge in [-0.05, 0) is 6.92 Å². The van der Waals surface area contributed by atoms with E-state index in [1.54, 1.807) is 0 Å². The lowest BCUT2D eigenvalue weighted by molar-refractivity contribution is -0.459. The van der Waals surface area contributed by atoms with Gasteiger partial charge in [-0.1, -0.05) is 0 Å². The van der Waals surface area contributed by atoms with E-state index < -0.39 is 65.3 Å². The molecule has 0 saturated heterocycles. The maximum absolute atomic E-state index is 13.3. The Balaban J connectivity index is 6.83. The van der Waals surface area contributed by atoms with E-state index >= 15 is 0 Å². The molecule has 0 bridgehead atoms. The second-order valence-electron chi connectivity index (χ2n) is 5.70. The van der Waals surface area contributed by atoms with Crippen LogP contribution < -0.4 is 0 Å². The molecule has 0 aliphatic carbocycles. The van der Waals surface area contributed by atoms with Crippen LogP contribution in [-0.2, 0) is 4.79 Å². The van der Waals surface area contributed by atoms with Gasteiger partial charge in [0.2, 0.25) is 0 Å². The normalized spacial score (nSPS) is 16.5. The monoisotopic (exact) mass is 504 g/mol. The zero-order valence-electron chi connectivity index (χ0n) is 13.9. The number of halogens is 17. The van der Waals surface area contributed by atoms with Gasteiger partial charge in [-0.3, -0.25) is 0 Å². The van der Waals surface area contributed by atoms with Gasteiger partial charge in [0.25, 0.3) is 0 Å². The molecule has 0 aromatic heterocycles. The zero-order valence-corrected chi connectivity index (χ0v) is 13.9. The third kappa shape index (κ3) is 3.87. The summed E-state index contributed by atoms with van der Waals surface area (Å²) < 4.78 is 219. The number of allylic oxidation sites excluding steroid dienone is 1. The van der Waals surface area contributed by atoms with Gasteiger partial charge in [-0.25, -0.2) is 4.79 Å². The zero-order chi connectivity index (χ0) is 25.9. The number of hydrogen-bond donors (Lipinski definition) is 1. The molecule has 0 aliphatic heterocycles. The van der Waals surface area contributed by atoms with Gasteiger partial charge in [-0.2, -0.15) is 74.6 Å². The predicted molar refractivity (Wildman–Crippen MR) is 62.1 cm³/mol. The van der Waals surface area contributed by atoms with Crippen molar-refractivity contribution in [2.24, 2.45) is 0 Å². The molecule has 0 amide bonds. The maximum atomic E-state index is 13.3. The molecule has 184 valence electrons. The van der Waals surface area contributed by atoms with Crippen molar-refractivity contribution in [2.45, 2.75) is 54.6 Å². The highest BCUT2D eigenvalue weighted by Crippen LogP contribution is 2.64. The highest BCUT2D eigenvalue weighted by molar-refractivity contribution is 5.86. The Labute approximate surface area is 158 Å². The van der Waals surface area contributed by atoms with Gasteiger partial charge < -0.3 is 5.11 Å². The molecule has 0 spiro atoms. The minimum absolute atomic E-state index is 0.0325. The van der Waals surface area contributed by atoms with Crippen LogP contribution >= 0.6 is 0 Å². The molecule has 2 nitrogen and oxygen atoms in total. The second-order valence-corrected chi connectivity index (χ2v) is 5.70. The van der Waals surface area contributed by atoms with E-state index in [1.807, 2.05) is 0 Å². The first-order chi connectivity index (χ1) is 13.1. The van der Waals surface area contributed by atoms with E-state index in [0.29, 0.717) is 0 Å². The summed E-state index contributed by atoms with van der Waals surface area (Å²) in [6.45, 7) is -0.0325. The Kier molecular flexibility index (Phi) is 6.81. The number of carboxylic acids is 1. The van der Waals surface area contributed by atoms with Gasteiger partial charge in [0, 0.05) is 11.6 Å². The maximum Gasteiger partial charge on any atom is 0.460 e. The quantitative estimate of drug-likeness (QED) is 0.324. The summed E-state index contributed by atoms with van der Waals surface area (Å²) in [5, 5.41) is 8.18.